The van der Waals surface area contributed by atoms with Gasteiger partial charge in [-0.2, -0.15) is 0 Å². The van der Waals surface area contributed by atoms with Crippen molar-refractivity contribution in [1.82, 2.24) is 10.6 Å². The number of ether oxygens (including phenoxy) is 1. The Morgan fingerprint density at radius 3 is 2.38 bits per heavy atom. The van der Waals surface area contributed by atoms with Crippen molar-refractivity contribution in [3.05, 3.63) is 57.7 Å². The maximum Gasteiger partial charge on any atom is 0.259 e. The van der Waals surface area contributed by atoms with E-state index >= 15 is 0 Å². The van der Waals surface area contributed by atoms with Gasteiger partial charge in [0.25, 0.3) is 5.91 Å². The summed E-state index contributed by atoms with van der Waals surface area (Å²) in [7, 11) is 0. The molecule has 10 heteroatoms. The third-order valence-electron chi connectivity index (χ3n) is 3.73. The minimum atomic E-state index is -1.84. The maximum absolute atomic E-state index is 12.3. The van der Waals surface area contributed by atoms with Crippen LogP contribution in [0.3, 0.4) is 0 Å². The van der Waals surface area contributed by atoms with Gasteiger partial charge >= 0.3 is 0 Å². The molecule has 0 aliphatic rings. The molecule has 2 aromatic rings. The van der Waals surface area contributed by atoms with Gasteiger partial charge in [-0.05, 0) is 71.1 Å². The van der Waals surface area contributed by atoms with Gasteiger partial charge in [0.05, 0.1) is 5.69 Å². The van der Waals surface area contributed by atoms with Gasteiger partial charge in [-0.1, -0.05) is 66.0 Å². The Hall–Kier alpha value is -1.000. The molecular weight excluding hydrogens is 568 g/mol. The predicted octanol–water partition coefficient (Wildman–Crippen LogP) is 5.03. The monoisotopic (exact) mass is 585 g/mol. The number of alkyl halides is 3. The summed E-state index contributed by atoms with van der Waals surface area (Å²) in [5.41, 5.74) is 1.97. The van der Waals surface area contributed by atoms with Crippen LogP contribution in [-0.4, -0.2) is 27.6 Å². The highest BCUT2D eigenvalue weighted by atomic mass is 127. The van der Waals surface area contributed by atoms with E-state index in [0.717, 1.165) is 15.7 Å². The zero-order chi connectivity index (χ0) is 21.4. The van der Waals surface area contributed by atoms with Crippen molar-refractivity contribution in [2.75, 3.05) is 11.9 Å². The first-order valence-corrected chi connectivity index (χ1v) is 11.2. The molecule has 0 aliphatic heterocycles. The molecule has 0 aliphatic carbocycles. The van der Waals surface area contributed by atoms with E-state index in [4.69, 9.17) is 51.8 Å². The summed E-state index contributed by atoms with van der Waals surface area (Å²) < 4.78 is 4.60. The number of amides is 1. The maximum atomic E-state index is 12.3. The summed E-state index contributed by atoms with van der Waals surface area (Å²) >= 11 is 25.4. The summed E-state index contributed by atoms with van der Waals surface area (Å²) in [6.45, 7) is 1.83. The lowest BCUT2D eigenvalue weighted by Crippen LogP contribution is -2.57. The Morgan fingerprint density at radius 2 is 1.79 bits per heavy atom. The molecule has 0 fully saturated rings. The standard InChI is InChI=1S/C19H19Cl3IN3O2S/c1-2-12-7-9-13(10-8-12)28-11-16(27)25-17(19(20,21)22)26-18(29)24-15-6-4-3-5-14(15)23/h3-10,17H,2,11H2,1H3,(H,25,27)(H2,24,26,29)/t17-/m1/s1. The number of thiocarbonyl (C=S) groups is 1. The molecule has 29 heavy (non-hydrogen) atoms. The number of hydrogen-bond donors (Lipinski definition) is 3. The summed E-state index contributed by atoms with van der Waals surface area (Å²) in [5.74, 6) is 0.108. The van der Waals surface area contributed by atoms with Crippen molar-refractivity contribution in [2.24, 2.45) is 0 Å². The number of benzene rings is 2. The minimum absolute atomic E-state index is 0.196. The average molecular weight is 587 g/mol. The Morgan fingerprint density at radius 1 is 1.14 bits per heavy atom. The Kier molecular flexibility index (Phi) is 9.55. The summed E-state index contributed by atoms with van der Waals surface area (Å²) in [4.78, 5) is 12.3. The first-order chi connectivity index (χ1) is 13.7. The van der Waals surface area contributed by atoms with E-state index in [9.17, 15) is 4.79 Å². The highest BCUT2D eigenvalue weighted by molar-refractivity contribution is 14.1. The lowest BCUT2D eigenvalue weighted by Gasteiger charge is -2.27. The van der Waals surface area contributed by atoms with Gasteiger partial charge < -0.3 is 20.7 Å². The Bertz CT molecular complexity index is 847. The fraction of sp³-hybridized carbons (Fsp3) is 0.263. The zero-order valence-corrected chi connectivity index (χ0v) is 20.6. The van der Waals surface area contributed by atoms with Crippen LogP contribution >= 0.6 is 69.6 Å². The molecule has 0 radical (unpaired) electrons. The molecule has 0 saturated heterocycles. The van der Waals surface area contributed by atoms with Crippen molar-refractivity contribution in [1.29, 1.82) is 0 Å². The smallest absolute Gasteiger partial charge is 0.259 e. The van der Waals surface area contributed by atoms with Gasteiger partial charge in [0, 0.05) is 3.57 Å². The van der Waals surface area contributed by atoms with Crippen molar-refractivity contribution in [3.63, 3.8) is 0 Å². The average Bonchev–Trinajstić information content (AvgIpc) is 2.67. The van der Waals surface area contributed by atoms with Crippen molar-refractivity contribution < 1.29 is 9.53 Å². The van der Waals surface area contributed by atoms with Gasteiger partial charge in [-0.15, -0.1) is 0 Å². The third-order valence-corrected chi connectivity index (χ3v) is 5.55. The van der Waals surface area contributed by atoms with E-state index in [1.165, 1.54) is 5.56 Å². The van der Waals surface area contributed by atoms with Crippen molar-refractivity contribution in [2.45, 2.75) is 23.3 Å². The number of para-hydroxylation sites is 1. The van der Waals surface area contributed by atoms with E-state index in [2.05, 4.69) is 45.5 Å². The first-order valence-electron chi connectivity index (χ1n) is 8.59. The van der Waals surface area contributed by atoms with Gasteiger partial charge in [-0.25, -0.2) is 0 Å². The third kappa shape index (κ3) is 8.33. The molecule has 2 rings (SSSR count). The number of carbonyl (C=O) groups excluding carboxylic acids is 1. The second kappa shape index (κ2) is 11.4. The molecule has 3 N–H and O–H groups in total. The molecule has 0 bridgehead atoms. The van der Waals surface area contributed by atoms with Gasteiger partial charge in [0.1, 0.15) is 11.9 Å². The van der Waals surface area contributed by atoms with Gasteiger partial charge in [0.2, 0.25) is 3.79 Å². The van der Waals surface area contributed by atoms with Gasteiger partial charge in [-0.3, -0.25) is 4.79 Å². The molecule has 0 aromatic heterocycles. The number of rotatable bonds is 7. The lowest BCUT2D eigenvalue weighted by atomic mass is 10.2. The molecule has 0 saturated carbocycles. The molecule has 156 valence electrons. The minimum Gasteiger partial charge on any atom is -0.484 e. The van der Waals surface area contributed by atoms with Crippen LogP contribution in [0.25, 0.3) is 0 Å². The number of nitrogens with one attached hydrogen (secondary N) is 3. The van der Waals surface area contributed by atoms with Crippen molar-refractivity contribution in [3.8, 4) is 5.75 Å². The van der Waals surface area contributed by atoms with E-state index in [1.54, 1.807) is 12.1 Å². The second-order valence-electron chi connectivity index (χ2n) is 5.91. The summed E-state index contributed by atoms with van der Waals surface area (Å²) in [6.07, 6.45) is -0.139. The predicted molar refractivity (Wildman–Crippen MR) is 132 cm³/mol. The van der Waals surface area contributed by atoms with Crippen LogP contribution in [0.15, 0.2) is 48.5 Å². The highest BCUT2D eigenvalue weighted by Gasteiger charge is 2.34. The van der Waals surface area contributed by atoms with E-state index in [1.807, 2.05) is 36.4 Å². The van der Waals surface area contributed by atoms with Crippen LogP contribution in [0.1, 0.15) is 12.5 Å². The summed E-state index contributed by atoms with van der Waals surface area (Å²) in [5, 5.41) is 8.60. The normalized spacial score (nSPS) is 12.0. The first kappa shape index (κ1) is 24.3. The fourth-order valence-corrected chi connectivity index (χ4v) is 3.30. The van der Waals surface area contributed by atoms with Crippen LogP contribution in [0.5, 0.6) is 5.75 Å². The zero-order valence-electron chi connectivity index (χ0n) is 15.3. The molecule has 1 amide bonds. The molecule has 1 atom stereocenters. The number of anilines is 1. The van der Waals surface area contributed by atoms with E-state index in [-0.39, 0.29) is 11.7 Å². The topological polar surface area (TPSA) is 62.4 Å². The summed E-state index contributed by atoms with van der Waals surface area (Å²) in [6, 6.07) is 15.0. The van der Waals surface area contributed by atoms with E-state index < -0.39 is 15.9 Å². The molecule has 0 spiro atoms. The van der Waals surface area contributed by atoms with Crippen LogP contribution in [0.4, 0.5) is 5.69 Å². The van der Waals surface area contributed by atoms with Crippen LogP contribution < -0.4 is 20.7 Å². The van der Waals surface area contributed by atoms with Crippen LogP contribution in [0, 0.1) is 3.57 Å². The SMILES string of the molecule is CCc1ccc(OCC(=O)N[C@H](NC(=S)Nc2ccccc2I)C(Cl)(Cl)Cl)cc1. The molecular formula is C19H19Cl3IN3O2S. The highest BCUT2D eigenvalue weighted by Crippen LogP contribution is 2.29. The van der Waals surface area contributed by atoms with Crippen LogP contribution in [0.2, 0.25) is 0 Å². The number of aryl methyl sites for hydroxylation is 1. The molecule has 5 nitrogen and oxygen atoms in total. The van der Waals surface area contributed by atoms with E-state index in [0.29, 0.717) is 5.75 Å². The fourth-order valence-electron chi connectivity index (χ4n) is 2.22. The number of carbonyl (C=O) groups is 1. The second-order valence-corrected chi connectivity index (χ2v) is 9.85. The molecule has 2 aromatic carbocycles. The number of hydrogen-bond acceptors (Lipinski definition) is 3. The Labute approximate surface area is 203 Å². The quantitative estimate of drug-likeness (QED) is 0.184. The van der Waals surface area contributed by atoms with Crippen LogP contribution in [-0.2, 0) is 11.2 Å². The molecule has 0 unspecified atom stereocenters. The van der Waals surface area contributed by atoms with Gasteiger partial charge in [0.15, 0.2) is 11.7 Å². The largest absolute Gasteiger partial charge is 0.484 e. The number of halogens is 4. The molecule has 0 heterocycles. The lowest BCUT2D eigenvalue weighted by molar-refractivity contribution is -0.123. The van der Waals surface area contributed by atoms with Crippen molar-refractivity contribution >= 4 is 86.3 Å². The Balaban J connectivity index is 1.92.